The van der Waals surface area contributed by atoms with E-state index in [-0.39, 0.29) is 35.4 Å². The fourth-order valence-corrected chi connectivity index (χ4v) is 3.84. The summed E-state index contributed by atoms with van der Waals surface area (Å²) in [7, 11) is 0. The van der Waals surface area contributed by atoms with Crippen molar-refractivity contribution in [3.05, 3.63) is 39.9 Å². The van der Waals surface area contributed by atoms with E-state index in [0.717, 1.165) is 31.7 Å². The molecule has 0 spiro atoms. The third-order valence-electron chi connectivity index (χ3n) is 4.81. The van der Waals surface area contributed by atoms with E-state index in [9.17, 15) is 10.1 Å². The molecule has 0 radical (unpaired) electrons. The molecule has 1 aromatic rings. The molecule has 1 aliphatic carbocycles. The van der Waals surface area contributed by atoms with Crippen LogP contribution in [0.2, 0.25) is 0 Å². The number of hydrogen-bond donors (Lipinski definition) is 1. The number of nitrogens with one attached hydrogen (secondary N) is 1. The van der Waals surface area contributed by atoms with Gasteiger partial charge in [0.2, 0.25) is 0 Å². The fraction of sp³-hybridized carbons (Fsp3) is 0.625. The highest BCUT2D eigenvalue weighted by atomic mass is 35.5. The smallest absolute Gasteiger partial charge is 0.269 e. The highest BCUT2D eigenvalue weighted by Crippen LogP contribution is 2.40. The highest BCUT2D eigenvalue weighted by molar-refractivity contribution is 5.85. The van der Waals surface area contributed by atoms with Gasteiger partial charge in [0.15, 0.2) is 0 Å². The summed E-state index contributed by atoms with van der Waals surface area (Å²) in [5, 5.41) is 14.4. The highest BCUT2D eigenvalue weighted by Gasteiger charge is 2.32. The van der Waals surface area contributed by atoms with Crippen molar-refractivity contribution in [3.63, 3.8) is 0 Å². The summed E-state index contributed by atoms with van der Waals surface area (Å²) in [4.78, 5) is 13.3. The number of nitro groups is 1. The Bertz CT molecular complexity index is 504. The first-order chi connectivity index (χ1) is 10.3. The second-order valence-electron chi connectivity index (χ2n) is 6.13. The lowest BCUT2D eigenvalue weighted by molar-refractivity contribution is -0.385. The molecular formula is C16H25Cl2N3O2. The van der Waals surface area contributed by atoms with Gasteiger partial charge in [-0.15, -0.1) is 24.8 Å². The average Bonchev–Trinajstić information content (AvgIpc) is 3.03. The first-order valence-electron chi connectivity index (χ1n) is 7.95. The van der Waals surface area contributed by atoms with Gasteiger partial charge in [0.1, 0.15) is 0 Å². The Labute approximate surface area is 149 Å². The Morgan fingerprint density at radius 2 is 1.83 bits per heavy atom. The standard InChI is InChI=1S/C16H23N3O2.2ClH/c20-19(21)15-7-3-6-14(12-15)16(13-4-1-2-5-13)18-10-8-17-9-11-18;;/h3,6-7,12-13,16-17H,1-2,4-5,8-11H2;2*1H/t16-;;/m1../s1. The van der Waals surface area contributed by atoms with Crippen LogP contribution in [0.1, 0.15) is 37.3 Å². The first kappa shape index (κ1) is 20.2. The van der Waals surface area contributed by atoms with Crippen LogP contribution in [-0.4, -0.2) is 36.0 Å². The quantitative estimate of drug-likeness (QED) is 0.657. The molecule has 1 saturated heterocycles. The number of non-ortho nitro benzene ring substituents is 1. The number of nitrogens with zero attached hydrogens (tertiary/aromatic N) is 2. The molecule has 7 heteroatoms. The number of benzene rings is 1. The molecule has 1 aromatic carbocycles. The first-order valence-corrected chi connectivity index (χ1v) is 7.95. The van der Waals surface area contributed by atoms with Gasteiger partial charge in [0, 0.05) is 44.4 Å². The maximum atomic E-state index is 11.1. The van der Waals surface area contributed by atoms with Gasteiger partial charge in [-0.3, -0.25) is 15.0 Å². The number of halogens is 2. The monoisotopic (exact) mass is 361 g/mol. The summed E-state index contributed by atoms with van der Waals surface area (Å²) in [5.41, 5.74) is 1.34. The molecule has 130 valence electrons. The number of piperazine rings is 1. The number of nitro benzene ring substituents is 1. The minimum Gasteiger partial charge on any atom is -0.314 e. The van der Waals surface area contributed by atoms with Crippen LogP contribution in [0.15, 0.2) is 24.3 Å². The van der Waals surface area contributed by atoms with Crippen LogP contribution in [0.25, 0.3) is 0 Å². The maximum absolute atomic E-state index is 11.1. The largest absolute Gasteiger partial charge is 0.314 e. The van der Waals surface area contributed by atoms with Gasteiger partial charge in [-0.25, -0.2) is 0 Å². The molecule has 1 N–H and O–H groups in total. The van der Waals surface area contributed by atoms with E-state index >= 15 is 0 Å². The van der Waals surface area contributed by atoms with E-state index in [4.69, 9.17) is 0 Å². The van der Waals surface area contributed by atoms with Crippen molar-refractivity contribution in [3.8, 4) is 0 Å². The molecule has 0 amide bonds. The van der Waals surface area contributed by atoms with E-state index in [1.54, 1.807) is 12.1 Å². The molecule has 0 aromatic heterocycles. The van der Waals surface area contributed by atoms with Gasteiger partial charge >= 0.3 is 0 Å². The van der Waals surface area contributed by atoms with Crippen LogP contribution in [0.3, 0.4) is 0 Å². The number of rotatable bonds is 4. The second kappa shape index (κ2) is 9.42. The van der Waals surface area contributed by atoms with Crippen LogP contribution >= 0.6 is 24.8 Å². The third kappa shape index (κ3) is 4.80. The summed E-state index contributed by atoms with van der Waals surface area (Å²) < 4.78 is 0. The average molecular weight is 362 g/mol. The molecule has 1 aliphatic heterocycles. The molecular weight excluding hydrogens is 337 g/mol. The van der Waals surface area contributed by atoms with Crippen molar-refractivity contribution < 1.29 is 4.92 Å². The molecule has 5 nitrogen and oxygen atoms in total. The topological polar surface area (TPSA) is 58.4 Å². The molecule has 23 heavy (non-hydrogen) atoms. The molecule has 2 fully saturated rings. The Hall–Kier alpha value is -0.880. The van der Waals surface area contributed by atoms with E-state index in [1.807, 2.05) is 6.07 Å². The Morgan fingerprint density at radius 3 is 2.43 bits per heavy atom. The lowest BCUT2D eigenvalue weighted by atomic mass is 9.89. The van der Waals surface area contributed by atoms with E-state index in [1.165, 1.54) is 25.7 Å². The van der Waals surface area contributed by atoms with Gasteiger partial charge < -0.3 is 5.32 Å². The summed E-state index contributed by atoms with van der Waals surface area (Å²) >= 11 is 0. The van der Waals surface area contributed by atoms with E-state index < -0.39 is 0 Å². The van der Waals surface area contributed by atoms with Crippen molar-refractivity contribution in [2.75, 3.05) is 26.2 Å². The molecule has 2 aliphatic rings. The van der Waals surface area contributed by atoms with Gasteiger partial charge in [-0.2, -0.15) is 0 Å². The molecule has 1 heterocycles. The van der Waals surface area contributed by atoms with Crippen LogP contribution in [0.5, 0.6) is 0 Å². The molecule has 3 rings (SSSR count). The summed E-state index contributed by atoms with van der Waals surface area (Å²) in [6, 6.07) is 7.61. The lowest BCUT2D eigenvalue weighted by Crippen LogP contribution is -2.46. The zero-order valence-corrected chi connectivity index (χ0v) is 14.8. The van der Waals surface area contributed by atoms with Crippen molar-refractivity contribution in [1.29, 1.82) is 0 Å². The predicted octanol–water partition coefficient (Wildman–Crippen LogP) is 3.57. The van der Waals surface area contributed by atoms with Crippen molar-refractivity contribution in [1.82, 2.24) is 10.2 Å². The zero-order valence-electron chi connectivity index (χ0n) is 13.1. The molecule has 0 unspecified atom stereocenters. The molecule has 0 bridgehead atoms. The van der Waals surface area contributed by atoms with E-state index in [2.05, 4.69) is 16.3 Å². The molecule has 1 atom stereocenters. The van der Waals surface area contributed by atoms with Gasteiger partial charge in [-0.1, -0.05) is 25.0 Å². The number of hydrogen-bond acceptors (Lipinski definition) is 4. The van der Waals surface area contributed by atoms with Gasteiger partial charge in [0.05, 0.1) is 4.92 Å². The van der Waals surface area contributed by atoms with Crippen molar-refractivity contribution in [2.45, 2.75) is 31.7 Å². The minimum absolute atomic E-state index is 0. The van der Waals surface area contributed by atoms with Crippen molar-refractivity contribution in [2.24, 2.45) is 5.92 Å². The van der Waals surface area contributed by atoms with Crippen LogP contribution in [0.4, 0.5) is 5.69 Å². The minimum atomic E-state index is -0.285. The molecule has 1 saturated carbocycles. The van der Waals surface area contributed by atoms with Gasteiger partial charge in [0.25, 0.3) is 5.69 Å². The predicted molar refractivity (Wildman–Crippen MR) is 96.7 cm³/mol. The normalized spacial score (nSPS) is 20.3. The Morgan fingerprint density at radius 1 is 1.17 bits per heavy atom. The summed E-state index contributed by atoms with van der Waals surface area (Å²) in [6.07, 6.45) is 5.08. The summed E-state index contributed by atoms with van der Waals surface area (Å²) in [6.45, 7) is 4.09. The Balaban J connectivity index is 0.00000132. The Kier molecular flexibility index (Phi) is 8.26. The summed E-state index contributed by atoms with van der Waals surface area (Å²) in [5.74, 6) is 0.644. The lowest BCUT2D eigenvalue weighted by Gasteiger charge is -2.38. The van der Waals surface area contributed by atoms with Crippen LogP contribution in [-0.2, 0) is 0 Å². The van der Waals surface area contributed by atoms with Crippen LogP contribution in [0, 0.1) is 16.0 Å². The van der Waals surface area contributed by atoms with E-state index in [0.29, 0.717) is 12.0 Å². The third-order valence-corrected chi connectivity index (χ3v) is 4.81. The van der Waals surface area contributed by atoms with Crippen molar-refractivity contribution >= 4 is 30.5 Å². The SMILES string of the molecule is Cl.Cl.O=[N+]([O-])c1cccc([C@@H](C2CCCC2)N2CCNCC2)c1. The maximum Gasteiger partial charge on any atom is 0.269 e. The zero-order chi connectivity index (χ0) is 14.7. The van der Waals surface area contributed by atoms with Crippen LogP contribution < -0.4 is 5.32 Å². The second-order valence-corrected chi connectivity index (χ2v) is 6.13. The fourth-order valence-electron chi connectivity index (χ4n) is 3.84. The van der Waals surface area contributed by atoms with Gasteiger partial charge in [-0.05, 0) is 24.3 Å².